The SMILES string of the molecule is Cc1nc2c(C)cccn2c(=O)c1CCN1CCC(c2noc3cc(F)ccc23)CC1.O=C(O)[C@@H](O)[C@H](O)[C@H](O)[C@@H](O)C(=O)O. The maximum Gasteiger partial charge on any atom is 0.335 e. The van der Waals surface area contributed by atoms with Crippen LogP contribution in [0.25, 0.3) is 16.6 Å². The molecule has 0 aliphatic carbocycles. The van der Waals surface area contributed by atoms with Crippen molar-refractivity contribution in [1.29, 1.82) is 0 Å². The number of hydrogen-bond donors (Lipinski definition) is 6. The lowest BCUT2D eigenvalue weighted by atomic mass is 9.91. The van der Waals surface area contributed by atoms with E-state index in [1.165, 1.54) is 12.1 Å². The first-order valence-electron chi connectivity index (χ1n) is 14.2. The van der Waals surface area contributed by atoms with Gasteiger partial charge in [0.15, 0.2) is 17.8 Å². The van der Waals surface area contributed by atoms with Gasteiger partial charge >= 0.3 is 11.9 Å². The minimum atomic E-state index is -2.36. The smallest absolute Gasteiger partial charge is 0.335 e. The van der Waals surface area contributed by atoms with Gasteiger partial charge in [0.2, 0.25) is 0 Å². The van der Waals surface area contributed by atoms with E-state index in [1.807, 2.05) is 26.0 Å². The zero-order valence-corrected chi connectivity index (χ0v) is 24.6. The lowest BCUT2D eigenvalue weighted by Crippen LogP contribution is -2.49. The van der Waals surface area contributed by atoms with Gasteiger partial charge in [-0.3, -0.25) is 9.20 Å². The van der Waals surface area contributed by atoms with Crippen molar-refractivity contribution in [3.05, 3.63) is 75.2 Å². The van der Waals surface area contributed by atoms with Crippen LogP contribution in [0, 0.1) is 19.7 Å². The molecule has 1 fully saturated rings. The Labute approximate surface area is 255 Å². The van der Waals surface area contributed by atoms with Gasteiger partial charge in [0, 0.05) is 41.4 Å². The maximum absolute atomic E-state index is 13.4. The quantitative estimate of drug-likeness (QED) is 0.150. The Morgan fingerprint density at radius 1 is 1.02 bits per heavy atom. The van der Waals surface area contributed by atoms with Crippen LogP contribution in [0.1, 0.15) is 41.3 Å². The Bertz CT molecular complexity index is 1710. The Kier molecular flexibility index (Phi) is 10.6. The molecule has 4 aromatic rings. The minimum absolute atomic E-state index is 0.0300. The summed E-state index contributed by atoms with van der Waals surface area (Å²) in [5.74, 6) is -3.68. The summed E-state index contributed by atoms with van der Waals surface area (Å²) < 4.78 is 20.4. The standard InChI is InChI=1S/C24H25FN4O2.C6H10O8/c1-15-4-3-10-29-23(15)26-16(2)19(24(29)30)9-13-28-11-7-17(8-12-28)22-20-6-5-18(25)14-21(20)31-27-22;7-1(3(9)5(11)12)2(8)4(10)6(13)14/h3-6,10,14,17H,7-9,11-13H2,1-2H3;1-4,7-10H,(H,11,12)(H,13,14)/t;1-,2+,3+,4-. The van der Waals surface area contributed by atoms with Crippen LogP contribution < -0.4 is 5.56 Å². The topological polar surface area (TPSA) is 219 Å². The van der Waals surface area contributed by atoms with E-state index in [4.69, 9.17) is 35.2 Å². The van der Waals surface area contributed by atoms with Crippen molar-refractivity contribution >= 4 is 28.6 Å². The fourth-order valence-electron chi connectivity index (χ4n) is 5.32. The molecule has 0 radical (unpaired) electrons. The highest BCUT2D eigenvalue weighted by Gasteiger charge is 2.37. The van der Waals surface area contributed by atoms with Crippen LogP contribution in [-0.2, 0) is 16.0 Å². The first kappa shape index (κ1) is 33.6. The molecule has 0 saturated carbocycles. The molecule has 4 heterocycles. The van der Waals surface area contributed by atoms with Crippen LogP contribution in [0.5, 0.6) is 0 Å². The molecule has 0 amide bonds. The van der Waals surface area contributed by atoms with Crippen LogP contribution >= 0.6 is 0 Å². The van der Waals surface area contributed by atoms with Crippen molar-refractivity contribution in [3.63, 3.8) is 0 Å². The highest BCUT2D eigenvalue weighted by Crippen LogP contribution is 2.32. The number of fused-ring (bicyclic) bond motifs is 2. The summed E-state index contributed by atoms with van der Waals surface area (Å²) in [4.78, 5) is 40.2. The number of aliphatic hydroxyl groups excluding tert-OH is 4. The maximum atomic E-state index is 13.4. The van der Waals surface area contributed by atoms with Gasteiger partial charge in [0.05, 0.1) is 5.69 Å². The fourth-order valence-corrected chi connectivity index (χ4v) is 5.32. The summed E-state index contributed by atoms with van der Waals surface area (Å²) in [5.41, 5.74) is 4.80. The van der Waals surface area contributed by atoms with Crippen LogP contribution in [-0.4, -0.2) is 106 Å². The molecule has 45 heavy (non-hydrogen) atoms. The van der Waals surface area contributed by atoms with E-state index in [2.05, 4.69) is 15.0 Å². The first-order valence-corrected chi connectivity index (χ1v) is 14.2. The first-order chi connectivity index (χ1) is 21.3. The molecule has 1 aliphatic rings. The van der Waals surface area contributed by atoms with Crippen molar-refractivity contribution in [2.24, 2.45) is 0 Å². The lowest BCUT2D eigenvalue weighted by Gasteiger charge is -2.31. The molecule has 6 N–H and O–H groups in total. The van der Waals surface area contributed by atoms with Gasteiger partial charge < -0.3 is 40.1 Å². The Hall–Kier alpha value is -4.28. The molecule has 4 atom stereocenters. The van der Waals surface area contributed by atoms with Crippen molar-refractivity contribution in [1.82, 2.24) is 19.4 Å². The number of carbonyl (C=O) groups is 2. The molecule has 0 unspecified atom stereocenters. The third-order valence-corrected chi connectivity index (χ3v) is 7.97. The van der Waals surface area contributed by atoms with Crippen molar-refractivity contribution in [2.75, 3.05) is 19.6 Å². The number of hydrogen-bond acceptors (Lipinski definition) is 11. The molecule has 3 aromatic heterocycles. The minimum Gasteiger partial charge on any atom is -0.479 e. The molecule has 1 saturated heterocycles. The number of carboxylic acids is 2. The summed E-state index contributed by atoms with van der Waals surface area (Å²) in [6, 6.07) is 8.46. The number of rotatable bonds is 9. The summed E-state index contributed by atoms with van der Waals surface area (Å²) in [6.45, 7) is 6.59. The van der Waals surface area contributed by atoms with E-state index in [-0.39, 0.29) is 11.4 Å². The number of benzene rings is 1. The number of aliphatic hydroxyl groups is 4. The van der Waals surface area contributed by atoms with Crippen LogP contribution in [0.4, 0.5) is 4.39 Å². The Morgan fingerprint density at radius 3 is 2.24 bits per heavy atom. The second-order valence-electron chi connectivity index (χ2n) is 11.0. The molecule has 5 rings (SSSR count). The highest BCUT2D eigenvalue weighted by atomic mass is 19.1. The van der Waals surface area contributed by atoms with Crippen molar-refractivity contribution in [2.45, 2.75) is 63.4 Å². The van der Waals surface area contributed by atoms with E-state index >= 15 is 0 Å². The van der Waals surface area contributed by atoms with Gasteiger partial charge in [-0.25, -0.2) is 19.0 Å². The molecule has 242 valence electrons. The third-order valence-electron chi connectivity index (χ3n) is 7.97. The molecule has 1 aromatic carbocycles. The van der Waals surface area contributed by atoms with Crippen LogP contribution in [0.2, 0.25) is 0 Å². The van der Waals surface area contributed by atoms with Crippen molar-refractivity contribution in [3.8, 4) is 0 Å². The number of piperidine rings is 1. The molecule has 14 nitrogen and oxygen atoms in total. The molecule has 15 heteroatoms. The number of aryl methyl sites for hydroxylation is 2. The Morgan fingerprint density at radius 2 is 1.64 bits per heavy atom. The van der Waals surface area contributed by atoms with Gasteiger partial charge in [-0.1, -0.05) is 11.2 Å². The largest absolute Gasteiger partial charge is 0.479 e. The number of pyridine rings is 1. The second-order valence-corrected chi connectivity index (χ2v) is 11.0. The van der Waals surface area contributed by atoms with Gasteiger partial charge in [0.25, 0.3) is 5.56 Å². The van der Waals surface area contributed by atoms with Gasteiger partial charge in [-0.15, -0.1) is 0 Å². The normalized spacial score (nSPS) is 17.0. The monoisotopic (exact) mass is 630 g/mol. The second kappa shape index (κ2) is 14.2. The number of aliphatic carboxylic acids is 2. The van der Waals surface area contributed by atoms with E-state index in [9.17, 15) is 18.8 Å². The number of halogens is 1. The summed E-state index contributed by atoms with van der Waals surface area (Å²) >= 11 is 0. The van der Waals surface area contributed by atoms with E-state index in [0.29, 0.717) is 17.9 Å². The molecular weight excluding hydrogens is 595 g/mol. The molecule has 0 bridgehead atoms. The van der Waals surface area contributed by atoms with E-state index in [1.54, 1.807) is 16.7 Å². The molecular formula is C30H35FN4O10. The van der Waals surface area contributed by atoms with Crippen LogP contribution in [0.3, 0.4) is 0 Å². The lowest BCUT2D eigenvalue weighted by molar-refractivity contribution is -0.172. The fraction of sp³-hybridized carbons (Fsp3) is 0.433. The zero-order valence-electron chi connectivity index (χ0n) is 24.6. The van der Waals surface area contributed by atoms with Gasteiger partial charge in [-0.05, 0) is 70.0 Å². The predicted molar refractivity (Wildman–Crippen MR) is 156 cm³/mol. The van der Waals surface area contributed by atoms with Gasteiger partial charge in [-0.2, -0.15) is 0 Å². The molecule has 0 spiro atoms. The Balaban J connectivity index is 0.000000280. The highest BCUT2D eigenvalue weighted by molar-refractivity contribution is 5.80. The van der Waals surface area contributed by atoms with Gasteiger partial charge in [0.1, 0.15) is 23.7 Å². The average molecular weight is 631 g/mol. The van der Waals surface area contributed by atoms with Crippen LogP contribution in [0.15, 0.2) is 45.8 Å². The predicted octanol–water partition coefficient (Wildman–Crippen LogP) is 0.613. The summed E-state index contributed by atoms with van der Waals surface area (Å²) in [6.07, 6.45) is -4.88. The summed E-state index contributed by atoms with van der Waals surface area (Å²) in [7, 11) is 0. The number of nitrogens with zero attached hydrogens (tertiary/aromatic N) is 4. The van der Waals surface area contributed by atoms with E-state index in [0.717, 1.165) is 66.0 Å². The average Bonchev–Trinajstić information content (AvgIpc) is 3.43. The number of carboxylic acid groups (broad SMARTS) is 2. The third kappa shape index (κ3) is 7.51. The van der Waals surface area contributed by atoms with Crippen molar-refractivity contribution < 1.29 is 49.1 Å². The molecule has 1 aliphatic heterocycles. The summed E-state index contributed by atoms with van der Waals surface area (Å²) in [5, 5.41) is 56.6. The number of aromatic nitrogens is 3. The van der Waals surface area contributed by atoms with E-state index < -0.39 is 36.4 Å². The zero-order chi connectivity index (χ0) is 33.0. The number of likely N-dealkylation sites (tertiary alicyclic amines) is 1.